The zero-order chi connectivity index (χ0) is 14.8. The number of hydrogen-bond acceptors (Lipinski definition) is 4. The molecule has 0 atom stereocenters. The van der Waals surface area contributed by atoms with Crippen molar-refractivity contribution >= 4 is 21.7 Å². The first kappa shape index (κ1) is 13.6. The monoisotopic (exact) mass is 344 g/mol. The molecule has 0 unspecified atom stereocenters. The Kier molecular flexibility index (Phi) is 3.62. The molecule has 3 rings (SSSR count). The molecule has 3 N–H and O–H groups in total. The molecule has 0 amide bonds. The second kappa shape index (κ2) is 5.57. The lowest BCUT2D eigenvalue weighted by molar-refractivity contribution is 0.414. The third-order valence-electron chi connectivity index (χ3n) is 3.21. The van der Waals surface area contributed by atoms with Crippen molar-refractivity contribution in [2.24, 2.45) is 0 Å². The van der Waals surface area contributed by atoms with Gasteiger partial charge in [0.1, 0.15) is 5.75 Å². The highest BCUT2D eigenvalue weighted by molar-refractivity contribution is 9.10. The summed E-state index contributed by atoms with van der Waals surface area (Å²) in [5.41, 5.74) is 9.53. The van der Waals surface area contributed by atoms with Crippen molar-refractivity contribution in [2.75, 3.05) is 12.8 Å². The number of hydrogen-bond donors (Lipinski definition) is 2. The number of ether oxygens (including phenoxy) is 1. The normalized spacial score (nSPS) is 10.6. The standard InChI is InChI=1S/C15H13BrN4O/c1-21-12-8-18-7-6-10(12)14-13(15(17)20-19-14)9-4-2-3-5-11(9)16/h2-8H,1H3,(H3,17,19,20). The molecule has 1 aromatic carbocycles. The molecule has 0 saturated carbocycles. The van der Waals surface area contributed by atoms with Crippen LogP contribution in [0.4, 0.5) is 5.82 Å². The molecule has 0 fully saturated rings. The highest BCUT2D eigenvalue weighted by Crippen LogP contribution is 2.40. The Morgan fingerprint density at radius 2 is 2.00 bits per heavy atom. The first-order chi connectivity index (χ1) is 10.2. The molecule has 3 aromatic rings. The number of nitrogens with two attached hydrogens (primary N) is 1. The number of pyridine rings is 1. The van der Waals surface area contributed by atoms with Gasteiger partial charge in [-0.3, -0.25) is 10.1 Å². The Labute approximate surface area is 130 Å². The molecule has 0 aliphatic carbocycles. The lowest BCUT2D eigenvalue weighted by Crippen LogP contribution is -1.92. The zero-order valence-electron chi connectivity index (χ0n) is 11.3. The molecule has 0 aliphatic rings. The van der Waals surface area contributed by atoms with E-state index in [9.17, 15) is 0 Å². The van der Waals surface area contributed by atoms with Crippen molar-refractivity contribution < 1.29 is 4.74 Å². The highest BCUT2D eigenvalue weighted by Gasteiger charge is 2.19. The molecule has 0 saturated heterocycles. The molecule has 2 aromatic heterocycles. The predicted molar refractivity (Wildman–Crippen MR) is 85.9 cm³/mol. The second-order valence-electron chi connectivity index (χ2n) is 4.41. The summed E-state index contributed by atoms with van der Waals surface area (Å²) >= 11 is 3.55. The van der Waals surface area contributed by atoms with Crippen molar-refractivity contribution in [3.63, 3.8) is 0 Å². The van der Waals surface area contributed by atoms with Crippen LogP contribution in [0.1, 0.15) is 0 Å². The molecule has 0 bridgehead atoms. The fourth-order valence-electron chi connectivity index (χ4n) is 2.24. The lowest BCUT2D eigenvalue weighted by Gasteiger charge is -2.09. The number of H-pyrrole nitrogens is 1. The van der Waals surface area contributed by atoms with Gasteiger partial charge < -0.3 is 10.5 Å². The van der Waals surface area contributed by atoms with E-state index >= 15 is 0 Å². The fourth-order valence-corrected chi connectivity index (χ4v) is 2.72. The fraction of sp³-hybridized carbons (Fsp3) is 0.0667. The summed E-state index contributed by atoms with van der Waals surface area (Å²) in [5.74, 6) is 1.10. The van der Waals surface area contributed by atoms with Crippen molar-refractivity contribution in [2.45, 2.75) is 0 Å². The Morgan fingerprint density at radius 1 is 1.19 bits per heavy atom. The van der Waals surface area contributed by atoms with E-state index in [0.29, 0.717) is 11.6 Å². The highest BCUT2D eigenvalue weighted by atomic mass is 79.9. The third-order valence-corrected chi connectivity index (χ3v) is 3.90. The molecule has 0 radical (unpaired) electrons. The van der Waals surface area contributed by atoms with Gasteiger partial charge in [0, 0.05) is 21.8 Å². The number of nitrogens with one attached hydrogen (secondary N) is 1. The van der Waals surface area contributed by atoms with Crippen LogP contribution in [0.3, 0.4) is 0 Å². The first-order valence-corrected chi connectivity index (χ1v) is 7.08. The van der Waals surface area contributed by atoms with Gasteiger partial charge >= 0.3 is 0 Å². The predicted octanol–water partition coefficient (Wildman–Crippen LogP) is 3.49. The topological polar surface area (TPSA) is 76.8 Å². The maximum Gasteiger partial charge on any atom is 0.153 e. The van der Waals surface area contributed by atoms with Gasteiger partial charge in [-0.25, -0.2) is 0 Å². The van der Waals surface area contributed by atoms with Crippen molar-refractivity contribution in [3.8, 4) is 28.1 Å². The summed E-state index contributed by atoms with van der Waals surface area (Å²) in [4.78, 5) is 4.07. The van der Waals surface area contributed by atoms with Crippen molar-refractivity contribution in [3.05, 3.63) is 47.2 Å². The molecule has 0 spiro atoms. The third kappa shape index (κ3) is 2.38. The smallest absolute Gasteiger partial charge is 0.153 e. The number of rotatable bonds is 3. The van der Waals surface area contributed by atoms with Crippen LogP contribution in [-0.2, 0) is 0 Å². The number of aromatic amines is 1. The quantitative estimate of drug-likeness (QED) is 0.762. The SMILES string of the molecule is COc1cnccc1-c1[nH]nc(N)c1-c1ccccc1Br. The zero-order valence-corrected chi connectivity index (χ0v) is 12.9. The molecule has 2 heterocycles. The number of nitrogen functional groups attached to an aromatic ring is 1. The average molecular weight is 345 g/mol. The summed E-state index contributed by atoms with van der Waals surface area (Å²) in [6.45, 7) is 0. The van der Waals surface area contributed by atoms with Gasteiger partial charge in [0.25, 0.3) is 0 Å². The van der Waals surface area contributed by atoms with E-state index < -0.39 is 0 Å². The lowest BCUT2D eigenvalue weighted by atomic mass is 10.0. The number of benzene rings is 1. The molecule has 21 heavy (non-hydrogen) atoms. The van der Waals surface area contributed by atoms with Gasteiger partial charge in [-0.15, -0.1) is 0 Å². The molecule has 6 heteroatoms. The minimum atomic E-state index is 0.441. The Bertz CT molecular complexity index is 785. The van der Waals surface area contributed by atoms with Gasteiger partial charge in [-0.2, -0.15) is 5.10 Å². The summed E-state index contributed by atoms with van der Waals surface area (Å²) in [7, 11) is 1.61. The van der Waals surface area contributed by atoms with Crippen LogP contribution in [0.15, 0.2) is 47.2 Å². The van der Waals surface area contributed by atoms with Gasteiger partial charge in [0.05, 0.1) is 24.6 Å². The summed E-state index contributed by atoms with van der Waals surface area (Å²) < 4.78 is 6.32. The first-order valence-electron chi connectivity index (χ1n) is 6.29. The Morgan fingerprint density at radius 3 is 2.76 bits per heavy atom. The van der Waals surface area contributed by atoms with E-state index in [-0.39, 0.29) is 0 Å². The summed E-state index contributed by atoms with van der Waals surface area (Å²) in [6, 6.07) is 9.74. The van der Waals surface area contributed by atoms with Crippen LogP contribution in [0.5, 0.6) is 5.75 Å². The van der Waals surface area contributed by atoms with Crippen molar-refractivity contribution in [1.82, 2.24) is 15.2 Å². The van der Waals surface area contributed by atoms with Crippen LogP contribution in [0, 0.1) is 0 Å². The van der Waals surface area contributed by atoms with Crippen LogP contribution in [0.25, 0.3) is 22.4 Å². The van der Waals surface area contributed by atoms with Gasteiger partial charge in [0.15, 0.2) is 5.82 Å². The van der Waals surface area contributed by atoms with Crippen LogP contribution >= 0.6 is 15.9 Å². The Balaban J connectivity index is 2.25. The largest absolute Gasteiger partial charge is 0.494 e. The maximum atomic E-state index is 6.05. The number of nitrogens with zero attached hydrogens (tertiary/aromatic N) is 2. The van der Waals surface area contributed by atoms with E-state index in [4.69, 9.17) is 10.5 Å². The second-order valence-corrected chi connectivity index (χ2v) is 5.27. The van der Waals surface area contributed by atoms with E-state index in [1.807, 2.05) is 30.3 Å². The van der Waals surface area contributed by atoms with E-state index in [2.05, 4.69) is 31.1 Å². The summed E-state index contributed by atoms with van der Waals surface area (Å²) in [5, 5.41) is 7.13. The molecular weight excluding hydrogens is 332 g/mol. The van der Waals surface area contributed by atoms with Crippen LogP contribution < -0.4 is 10.5 Å². The maximum absolute atomic E-state index is 6.05. The van der Waals surface area contributed by atoms with E-state index in [0.717, 1.165) is 26.9 Å². The number of aromatic nitrogens is 3. The van der Waals surface area contributed by atoms with E-state index in [1.165, 1.54) is 0 Å². The molecule has 0 aliphatic heterocycles. The van der Waals surface area contributed by atoms with Gasteiger partial charge in [-0.05, 0) is 12.1 Å². The molecule has 106 valence electrons. The minimum absolute atomic E-state index is 0.441. The Hall–Kier alpha value is -2.34. The van der Waals surface area contributed by atoms with Gasteiger partial charge in [-0.1, -0.05) is 34.1 Å². The number of methoxy groups -OCH3 is 1. The molecular formula is C15H13BrN4O. The summed E-state index contributed by atoms with van der Waals surface area (Å²) in [6.07, 6.45) is 3.37. The van der Waals surface area contributed by atoms with E-state index in [1.54, 1.807) is 19.5 Å². The van der Waals surface area contributed by atoms with Crippen LogP contribution in [-0.4, -0.2) is 22.3 Å². The number of anilines is 1. The number of halogens is 1. The van der Waals surface area contributed by atoms with Gasteiger partial charge in [0.2, 0.25) is 0 Å². The minimum Gasteiger partial charge on any atom is -0.494 e. The van der Waals surface area contributed by atoms with Crippen molar-refractivity contribution in [1.29, 1.82) is 0 Å². The molecule has 5 nitrogen and oxygen atoms in total. The van der Waals surface area contributed by atoms with Crippen LogP contribution in [0.2, 0.25) is 0 Å². The average Bonchev–Trinajstić information content (AvgIpc) is 2.89.